The second kappa shape index (κ2) is 13.1. The van der Waals surface area contributed by atoms with Crippen molar-refractivity contribution in [2.24, 2.45) is 5.92 Å². The van der Waals surface area contributed by atoms with E-state index in [4.69, 9.17) is 4.74 Å². The first-order valence-electron chi connectivity index (χ1n) is 11.2. The van der Waals surface area contributed by atoms with Crippen molar-refractivity contribution in [3.8, 4) is 0 Å². The number of ether oxygens (including phenoxy) is 1. The molecule has 2 unspecified atom stereocenters. The molecule has 0 bridgehead atoms. The van der Waals surface area contributed by atoms with E-state index in [1.54, 1.807) is 6.92 Å². The Bertz CT molecular complexity index is 644. The Balaban J connectivity index is 2.17. The summed E-state index contributed by atoms with van der Waals surface area (Å²) >= 11 is 0. The lowest BCUT2D eigenvalue weighted by molar-refractivity contribution is -0.152. The van der Waals surface area contributed by atoms with Crippen molar-refractivity contribution in [1.82, 2.24) is 5.32 Å². The number of ketones is 1. The van der Waals surface area contributed by atoms with Crippen LogP contribution < -0.4 is 5.32 Å². The van der Waals surface area contributed by atoms with Crippen LogP contribution in [0.5, 0.6) is 0 Å². The van der Waals surface area contributed by atoms with Gasteiger partial charge in [-0.2, -0.15) is 0 Å². The number of Topliss-reactive ketones (excluding diaryl/α,β-unsaturated/α-hetero) is 1. The average molecular weight is 402 g/mol. The van der Waals surface area contributed by atoms with Gasteiger partial charge >= 0.3 is 5.97 Å². The summed E-state index contributed by atoms with van der Waals surface area (Å²) in [4.78, 5) is 38.0. The van der Waals surface area contributed by atoms with Crippen molar-refractivity contribution in [1.29, 1.82) is 0 Å². The smallest absolute Gasteiger partial charge is 0.316 e. The van der Waals surface area contributed by atoms with E-state index in [2.05, 4.69) is 5.32 Å². The second-order valence-corrected chi connectivity index (χ2v) is 7.87. The van der Waals surface area contributed by atoms with Gasteiger partial charge in [0.05, 0.1) is 12.6 Å². The first kappa shape index (κ1) is 23.1. The minimum atomic E-state index is -0.744. The topological polar surface area (TPSA) is 72.5 Å². The fourth-order valence-corrected chi connectivity index (χ4v) is 3.90. The molecule has 0 radical (unpaired) electrons. The maximum absolute atomic E-state index is 13.1. The molecular weight excluding hydrogens is 366 g/mol. The average Bonchev–Trinajstić information content (AvgIpc) is 2.71. The monoisotopic (exact) mass is 401 g/mol. The fourth-order valence-electron chi connectivity index (χ4n) is 3.90. The van der Waals surface area contributed by atoms with E-state index in [9.17, 15) is 14.4 Å². The summed E-state index contributed by atoms with van der Waals surface area (Å²) in [5.41, 5.74) is 0.887. The third-order valence-corrected chi connectivity index (χ3v) is 5.55. The van der Waals surface area contributed by atoms with E-state index in [1.807, 2.05) is 30.3 Å². The number of carbonyl (C=O) groups is 3. The Morgan fingerprint density at radius 3 is 2.24 bits per heavy atom. The van der Waals surface area contributed by atoms with Crippen LogP contribution >= 0.6 is 0 Å². The Morgan fingerprint density at radius 1 is 0.966 bits per heavy atom. The molecule has 1 saturated heterocycles. The molecule has 1 aliphatic rings. The van der Waals surface area contributed by atoms with Crippen molar-refractivity contribution in [2.45, 2.75) is 83.6 Å². The van der Waals surface area contributed by atoms with E-state index >= 15 is 0 Å². The van der Waals surface area contributed by atoms with Gasteiger partial charge in [-0.25, -0.2) is 0 Å². The maximum Gasteiger partial charge on any atom is 0.316 e. The molecule has 1 amide bonds. The number of amides is 1. The summed E-state index contributed by atoms with van der Waals surface area (Å²) in [6.45, 7) is 2.02. The van der Waals surface area contributed by atoms with Gasteiger partial charge in [0.25, 0.3) is 0 Å². The number of hydrogen-bond donors (Lipinski definition) is 1. The molecule has 1 N–H and O–H groups in total. The molecule has 1 fully saturated rings. The summed E-state index contributed by atoms with van der Waals surface area (Å²) in [6.07, 6.45) is 9.52. The summed E-state index contributed by atoms with van der Waals surface area (Å²) < 4.78 is 5.17. The minimum absolute atomic E-state index is 0.0357. The quantitative estimate of drug-likeness (QED) is 0.578. The first-order valence-corrected chi connectivity index (χ1v) is 11.2. The Kier molecular flexibility index (Phi) is 10.5. The number of esters is 1. The highest BCUT2D eigenvalue weighted by Gasteiger charge is 2.30. The molecule has 1 heterocycles. The van der Waals surface area contributed by atoms with Crippen molar-refractivity contribution in [3.05, 3.63) is 35.9 Å². The van der Waals surface area contributed by atoms with Crippen LogP contribution in [0.2, 0.25) is 0 Å². The Hall–Kier alpha value is -2.17. The third kappa shape index (κ3) is 8.38. The highest BCUT2D eigenvalue weighted by atomic mass is 16.5. The molecule has 0 aliphatic carbocycles. The molecule has 160 valence electrons. The molecule has 0 spiro atoms. The van der Waals surface area contributed by atoms with Gasteiger partial charge in [0.2, 0.25) is 5.91 Å². The largest absolute Gasteiger partial charge is 0.465 e. The van der Waals surface area contributed by atoms with Crippen LogP contribution in [0.4, 0.5) is 0 Å². The molecule has 1 aromatic rings. The predicted octanol–water partition coefficient (Wildman–Crippen LogP) is 4.90. The van der Waals surface area contributed by atoms with E-state index in [-0.39, 0.29) is 24.7 Å². The SMILES string of the molecule is CCOC(=O)C1CCCCCCCCCCC(=O)NC(c2ccccc2)CC1=O. The third-order valence-electron chi connectivity index (χ3n) is 5.55. The summed E-state index contributed by atoms with van der Waals surface area (Å²) in [5.74, 6) is -1.36. The number of rotatable bonds is 3. The van der Waals surface area contributed by atoms with Gasteiger partial charge in [0.15, 0.2) is 0 Å². The molecule has 0 aromatic heterocycles. The molecule has 2 rings (SSSR count). The molecular formula is C24H35NO4. The molecule has 2 atom stereocenters. The van der Waals surface area contributed by atoms with Gasteiger partial charge in [-0.05, 0) is 25.3 Å². The summed E-state index contributed by atoms with van der Waals surface area (Å²) in [7, 11) is 0. The number of benzene rings is 1. The standard InChI is InChI=1S/C24H35NO4/c1-2-29-24(28)20-16-12-7-5-3-4-6-8-13-17-23(27)25-21(18-22(20)26)19-14-10-9-11-15-19/h9-11,14-15,20-21H,2-8,12-13,16-18H2,1H3,(H,25,27). The van der Waals surface area contributed by atoms with Crippen molar-refractivity contribution >= 4 is 17.7 Å². The van der Waals surface area contributed by atoms with Crippen molar-refractivity contribution in [2.75, 3.05) is 6.61 Å². The highest BCUT2D eigenvalue weighted by molar-refractivity contribution is 5.99. The van der Waals surface area contributed by atoms with E-state index in [1.165, 1.54) is 12.8 Å². The van der Waals surface area contributed by atoms with Gasteiger partial charge in [0.1, 0.15) is 11.7 Å². The maximum atomic E-state index is 13.1. The van der Waals surface area contributed by atoms with Crippen LogP contribution in [0.3, 0.4) is 0 Å². The van der Waals surface area contributed by atoms with Crippen LogP contribution in [-0.4, -0.2) is 24.3 Å². The summed E-state index contributed by atoms with van der Waals surface area (Å²) in [5, 5.41) is 3.03. The minimum Gasteiger partial charge on any atom is -0.465 e. The Morgan fingerprint density at radius 2 is 1.59 bits per heavy atom. The second-order valence-electron chi connectivity index (χ2n) is 7.87. The van der Waals surface area contributed by atoms with Gasteiger partial charge < -0.3 is 10.1 Å². The zero-order valence-corrected chi connectivity index (χ0v) is 17.7. The lowest BCUT2D eigenvalue weighted by atomic mass is 9.90. The number of nitrogens with one attached hydrogen (secondary N) is 1. The lowest BCUT2D eigenvalue weighted by Gasteiger charge is -2.22. The van der Waals surface area contributed by atoms with E-state index < -0.39 is 17.9 Å². The van der Waals surface area contributed by atoms with Crippen molar-refractivity contribution in [3.63, 3.8) is 0 Å². The highest BCUT2D eigenvalue weighted by Crippen LogP contribution is 2.23. The lowest BCUT2D eigenvalue weighted by Crippen LogP contribution is -2.34. The van der Waals surface area contributed by atoms with E-state index in [0.29, 0.717) is 12.8 Å². The zero-order chi connectivity index (χ0) is 20.9. The van der Waals surface area contributed by atoms with Crippen LogP contribution in [0.1, 0.15) is 89.2 Å². The summed E-state index contributed by atoms with van der Waals surface area (Å²) in [6, 6.07) is 9.11. The zero-order valence-electron chi connectivity index (χ0n) is 17.7. The number of carbonyl (C=O) groups excluding carboxylic acids is 3. The van der Waals surface area contributed by atoms with Crippen molar-refractivity contribution < 1.29 is 19.1 Å². The van der Waals surface area contributed by atoms with Crippen LogP contribution in [-0.2, 0) is 19.1 Å². The number of hydrogen-bond acceptors (Lipinski definition) is 4. The van der Waals surface area contributed by atoms with Gasteiger partial charge in [-0.15, -0.1) is 0 Å². The Labute approximate surface area is 174 Å². The van der Waals surface area contributed by atoms with Gasteiger partial charge in [-0.1, -0.05) is 75.3 Å². The molecule has 5 heteroatoms. The molecule has 5 nitrogen and oxygen atoms in total. The normalized spacial score (nSPS) is 23.2. The van der Waals surface area contributed by atoms with Gasteiger partial charge in [-0.3, -0.25) is 14.4 Å². The first-order chi connectivity index (χ1) is 14.1. The van der Waals surface area contributed by atoms with Gasteiger partial charge in [0, 0.05) is 12.8 Å². The molecule has 29 heavy (non-hydrogen) atoms. The van der Waals surface area contributed by atoms with Crippen LogP contribution in [0.25, 0.3) is 0 Å². The molecule has 1 aromatic carbocycles. The van der Waals surface area contributed by atoms with Crippen LogP contribution in [0.15, 0.2) is 30.3 Å². The van der Waals surface area contributed by atoms with Crippen LogP contribution in [0, 0.1) is 5.92 Å². The fraction of sp³-hybridized carbons (Fsp3) is 0.625. The molecule has 1 aliphatic heterocycles. The van der Waals surface area contributed by atoms with E-state index in [0.717, 1.165) is 44.1 Å². The predicted molar refractivity (Wildman–Crippen MR) is 113 cm³/mol. The molecule has 0 saturated carbocycles.